The van der Waals surface area contributed by atoms with Gasteiger partial charge in [0.2, 0.25) is 0 Å². The maximum atomic E-state index is 5.83. The Bertz CT molecular complexity index is 726. The van der Waals surface area contributed by atoms with Crippen molar-refractivity contribution in [3.05, 3.63) is 53.9 Å². The van der Waals surface area contributed by atoms with Gasteiger partial charge in [0.05, 0.1) is 14.2 Å². The minimum atomic E-state index is 0.654. The summed E-state index contributed by atoms with van der Waals surface area (Å²) in [6.07, 6.45) is 0. The van der Waals surface area contributed by atoms with Gasteiger partial charge in [0, 0.05) is 23.1 Å². The zero-order valence-electron chi connectivity index (χ0n) is 14.0. The highest BCUT2D eigenvalue weighted by molar-refractivity contribution is 5.64. The highest BCUT2D eigenvalue weighted by atomic mass is 16.5. The molecule has 2 rings (SSSR count). The maximum Gasteiger partial charge on any atom is 0.163 e. The highest BCUT2D eigenvalue weighted by Gasteiger charge is 2.09. The number of ether oxygens (including phenoxy) is 2. The first kappa shape index (κ1) is 16.5. The van der Waals surface area contributed by atoms with E-state index in [2.05, 4.69) is 17.2 Å². The molecule has 0 atom stereocenters. The number of nitrogen functional groups attached to an aromatic ring is 1. The topological polar surface area (TPSA) is 68.5 Å². The summed E-state index contributed by atoms with van der Waals surface area (Å²) in [5.74, 6) is 2.05. The van der Waals surface area contributed by atoms with E-state index in [1.54, 1.807) is 14.2 Å². The Morgan fingerprint density at radius 1 is 0.957 bits per heavy atom. The van der Waals surface area contributed by atoms with Crippen molar-refractivity contribution >= 4 is 17.1 Å². The van der Waals surface area contributed by atoms with E-state index in [-0.39, 0.29) is 0 Å². The van der Waals surface area contributed by atoms with Crippen molar-refractivity contribution in [1.82, 2.24) is 0 Å². The van der Waals surface area contributed by atoms with Gasteiger partial charge in [0.15, 0.2) is 11.5 Å². The first-order valence-electron chi connectivity index (χ1n) is 7.26. The molecule has 0 amide bonds. The fraction of sp³-hybridized carbons (Fsp3) is 0.222. The van der Waals surface area contributed by atoms with Gasteiger partial charge in [-0.25, -0.2) is 0 Å². The molecule has 0 aromatic heterocycles. The molecule has 0 aliphatic heterocycles. The van der Waals surface area contributed by atoms with Crippen LogP contribution < -0.4 is 25.8 Å². The summed E-state index contributed by atoms with van der Waals surface area (Å²) in [6.45, 7) is 7.93. The Labute approximate surface area is 137 Å². The van der Waals surface area contributed by atoms with Crippen molar-refractivity contribution in [3.63, 3.8) is 0 Å². The van der Waals surface area contributed by atoms with Crippen LogP contribution in [0.3, 0.4) is 0 Å². The number of anilines is 3. The molecule has 0 saturated carbocycles. The molecule has 0 bridgehead atoms. The van der Waals surface area contributed by atoms with Crippen molar-refractivity contribution in [1.29, 1.82) is 0 Å². The summed E-state index contributed by atoms with van der Waals surface area (Å²) in [5, 5.41) is 6.43. The third kappa shape index (κ3) is 3.88. The average Bonchev–Trinajstić information content (AvgIpc) is 2.50. The highest BCUT2D eigenvalue weighted by Crippen LogP contribution is 2.34. The molecule has 0 unspecified atom stereocenters. The standard InChI is InChI=1S/C18H23N3O2/c1-11-8-14(6-7-16(11)19)20-13(3)21-15-9-12(2)18(23-5)17(10-15)22-4/h6-10,20-21H,3,19H2,1-2,4-5H3. The number of rotatable bonds is 6. The number of benzene rings is 2. The Kier molecular flexibility index (Phi) is 5.01. The Morgan fingerprint density at radius 2 is 1.61 bits per heavy atom. The second-order valence-corrected chi connectivity index (χ2v) is 5.33. The van der Waals surface area contributed by atoms with E-state index < -0.39 is 0 Å². The lowest BCUT2D eigenvalue weighted by atomic mass is 10.1. The van der Waals surface area contributed by atoms with Crippen LogP contribution in [0.4, 0.5) is 17.1 Å². The van der Waals surface area contributed by atoms with Crippen molar-refractivity contribution < 1.29 is 9.47 Å². The van der Waals surface area contributed by atoms with Crippen LogP contribution in [-0.2, 0) is 0 Å². The number of hydrogen-bond donors (Lipinski definition) is 3. The zero-order valence-corrected chi connectivity index (χ0v) is 14.0. The van der Waals surface area contributed by atoms with E-state index in [0.29, 0.717) is 11.6 Å². The summed E-state index contributed by atoms with van der Waals surface area (Å²) in [6, 6.07) is 9.60. The van der Waals surface area contributed by atoms with E-state index in [9.17, 15) is 0 Å². The van der Waals surface area contributed by atoms with Gasteiger partial charge in [-0.2, -0.15) is 0 Å². The predicted molar refractivity (Wildman–Crippen MR) is 96.3 cm³/mol. The van der Waals surface area contributed by atoms with Crippen LogP contribution in [0.25, 0.3) is 0 Å². The predicted octanol–water partition coefficient (Wildman–Crippen LogP) is 3.90. The molecule has 23 heavy (non-hydrogen) atoms. The van der Waals surface area contributed by atoms with Gasteiger partial charge in [-0.05, 0) is 49.2 Å². The molecule has 2 aromatic carbocycles. The van der Waals surface area contributed by atoms with Crippen LogP contribution in [0, 0.1) is 13.8 Å². The molecule has 0 saturated heterocycles. The van der Waals surface area contributed by atoms with E-state index in [1.165, 1.54) is 0 Å². The van der Waals surface area contributed by atoms with Crippen LogP contribution in [-0.4, -0.2) is 14.2 Å². The van der Waals surface area contributed by atoms with Crippen LogP contribution in [0.2, 0.25) is 0 Å². The third-order valence-corrected chi connectivity index (χ3v) is 3.52. The monoisotopic (exact) mass is 313 g/mol. The van der Waals surface area contributed by atoms with Crippen LogP contribution >= 0.6 is 0 Å². The quantitative estimate of drug-likeness (QED) is 0.706. The molecule has 5 heteroatoms. The fourth-order valence-electron chi connectivity index (χ4n) is 2.36. The average molecular weight is 313 g/mol. The normalized spacial score (nSPS) is 10.1. The molecule has 0 fully saturated rings. The van der Waals surface area contributed by atoms with Crippen molar-refractivity contribution in [3.8, 4) is 11.5 Å². The Morgan fingerprint density at radius 3 is 2.22 bits per heavy atom. The number of nitrogens with two attached hydrogens (primary N) is 1. The summed E-state index contributed by atoms with van der Waals surface area (Å²) in [5.41, 5.74) is 10.4. The van der Waals surface area contributed by atoms with E-state index in [0.717, 1.165) is 33.9 Å². The van der Waals surface area contributed by atoms with Gasteiger partial charge in [-0.1, -0.05) is 6.58 Å². The molecule has 0 spiro atoms. The van der Waals surface area contributed by atoms with Crippen molar-refractivity contribution in [2.75, 3.05) is 30.6 Å². The van der Waals surface area contributed by atoms with Gasteiger partial charge in [0.1, 0.15) is 5.82 Å². The zero-order chi connectivity index (χ0) is 17.0. The van der Waals surface area contributed by atoms with Crippen molar-refractivity contribution in [2.24, 2.45) is 0 Å². The molecule has 4 N–H and O–H groups in total. The molecular formula is C18H23N3O2. The minimum absolute atomic E-state index is 0.654. The number of aryl methyl sites for hydroxylation is 2. The number of nitrogens with one attached hydrogen (secondary N) is 2. The second kappa shape index (κ2) is 6.96. The van der Waals surface area contributed by atoms with Gasteiger partial charge in [-0.3, -0.25) is 0 Å². The van der Waals surface area contributed by atoms with Gasteiger partial charge < -0.3 is 25.8 Å². The second-order valence-electron chi connectivity index (χ2n) is 5.33. The smallest absolute Gasteiger partial charge is 0.163 e. The number of methoxy groups -OCH3 is 2. The molecule has 0 heterocycles. The molecule has 2 aromatic rings. The lowest BCUT2D eigenvalue weighted by Gasteiger charge is -2.16. The molecule has 0 aliphatic rings. The van der Waals surface area contributed by atoms with Gasteiger partial charge in [-0.15, -0.1) is 0 Å². The number of hydrogen-bond acceptors (Lipinski definition) is 5. The van der Waals surface area contributed by atoms with Crippen molar-refractivity contribution in [2.45, 2.75) is 13.8 Å². The summed E-state index contributed by atoms with van der Waals surface area (Å²) in [7, 11) is 3.24. The molecule has 0 radical (unpaired) electrons. The molecule has 122 valence electrons. The van der Waals surface area contributed by atoms with E-state index in [1.807, 2.05) is 44.2 Å². The SMILES string of the molecule is C=C(Nc1ccc(N)c(C)c1)Nc1cc(C)c(OC)c(OC)c1. The molecule has 0 aliphatic carbocycles. The summed E-state index contributed by atoms with van der Waals surface area (Å²) >= 11 is 0. The third-order valence-electron chi connectivity index (χ3n) is 3.52. The summed E-state index contributed by atoms with van der Waals surface area (Å²) in [4.78, 5) is 0. The lowest BCUT2D eigenvalue weighted by molar-refractivity contribution is 0.353. The van der Waals surface area contributed by atoms with Gasteiger partial charge >= 0.3 is 0 Å². The lowest BCUT2D eigenvalue weighted by Crippen LogP contribution is -2.09. The first-order valence-corrected chi connectivity index (χ1v) is 7.26. The summed E-state index contributed by atoms with van der Waals surface area (Å²) < 4.78 is 10.7. The Hall–Kier alpha value is -2.82. The first-order chi connectivity index (χ1) is 10.9. The van der Waals surface area contributed by atoms with E-state index >= 15 is 0 Å². The maximum absolute atomic E-state index is 5.83. The Balaban J connectivity index is 2.13. The molecule has 5 nitrogen and oxygen atoms in total. The van der Waals surface area contributed by atoms with Gasteiger partial charge in [0.25, 0.3) is 0 Å². The van der Waals surface area contributed by atoms with Crippen LogP contribution in [0.5, 0.6) is 11.5 Å². The fourth-order valence-corrected chi connectivity index (χ4v) is 2.36. The largest absolute Gasteiger partial charge is 0.493 e. The van der Waals surface area contributed by atoms with Crippen LogP contribution in [0.15, 0.2) is 42.7 Å². The minimum Gasteiger partial charge on any atom is -0.493 e. The van der Waals surface area contributed by atoms with Crippen LogP contribution in [0.1, 0.15) is 11.1 Å². The van der Waals surface area contributed by atoms with E-state index in [4.69, 9.17) is 15.2 Å². The molecular weight excluding hydrogens is 290 g/mol.